The topological polar surface area (TPSA) is 115 Å². The molecular formula is C25H30N6O3. The molecule has 9 nitrogen and oxygen atoms in total. The summed E-state index contributed by atoms with van der Waals surface area (Å²) < 4.78 is 11.5. The van der Waals surface area contributed by atoms with Crippen molar-refractivity contribution in [2.75, 3.05) is 24.1 Å². The fourth-order valence-electron chi connectivity index (χ4n) is 3.66. The van der Waals surface area contributed by atoms with Crippen molar-refractivity contribution in [3.8, 4) is 22.9 Å². The quantitative estimate of drug-likeness (QED) is 0.523. The third-order valence-electron chi connectivity index (χ3n) is 5.20. The van der Waals surface area contributed by atoms with Crippen LogP contribution in [0.5, 0.6) is 11.6 Å². The largest absolute Gasteiger partial charge is 0.444 e. The van der Waals surface area contributed by atoms with Crippen molar-refractivity contribution in [1.29, 1.82) is 0 Å². The summed E-state index contributed by atoms with van der Waals surface area (Å²) in [6.07, 6.45) is 4.85. The molecule has 0 saturated carbocycles. The van der Waals surface area contributed by atoms with Gasteiger partial charge in [-0.15, -0.1) is 0 Å². The molecule has 34 heavy (non-hydrogen) atoms. The molecule has 2 aromatic heterocycles. The van der Waals surface area contributed by atoms with E-state index < -0.39 is 5.60 Å². The minimum atomic E-state index is -0.523. The number of ether oxygens (including phenoxy) is 2. The number of pyridine rings is 1. The van der Waals surface area contributed by atoms with E-state index >= 15 is 0 Å². The molecule has 0 unspecified atom stereocenters. The maximum atomic E-state index is 12.5. The van der Waals surface area contributed by atoms with E-state index in [1.54, 1.807) is 41.6 Å². The van der Waals surface area contributed by atoms with Gasteiger partial charge in [-0.25, -0.2) is 19.7 Å². The van der Waals surface area contributed by atoms with Gasteiger partial charge < -0.3 is 25.4 Å². The summed E-state index contributed by atoms with van der Waals surface area (Å²) >= 11 is 0. The van der Waals surface area contributed by atoms with Crippen LogP contribution in [0, 0.1) is 0 Å². The predicted molar refractivity (Wildman–Crippen MR) is 131 cm³/mol. The van der Waals surface area contributed by atoms with E-state index in [1.165, 1.54) is 0 Å². The highest BCUT2D eigenvalue weighted by Crippen LogP contribution is 2.31. The maximum Gasteiger partial charge on any atom is 0.410 e. The van der Waals surface area contributed by atoms with Gasteiger partial charge in [0.1, 0.15) is 11.4 Å². The minimum absolute atomic E-state index is 0.0240. The van der Waals surface area contributed by atoms with Crippen LogP contribution >= 0.6 is 0 Å². The van der Waals surface area contributed by atoms with Gasteiger partial charge in [-0.05, 0) is 76.1 Å². The summed E-state index contributed by atoms with van der Waals surface area (Å²) in [4.78, 5) is 27.7. The first kappa shape index (κ1) is 23.3. The Morgan fingerprint density at radius 3 is 2.68 bits per heavy atom. The number of carbonyl (C=O) groups is 1. The lowest BCUT2D eigenvalue weighted by molar-refractivity contribution is 0.0206. The van der Waals surface area contributed by atoms with E-state index in [2.05, 4.69) is 20.3 Å². The number of carbonyl (C=O) groups excluding carboxylic acids is 1. The molecule has 1 aliphatic rings. The van der Waals surface area contributed by atoms with Crippen LogP contribution in [0.1, 0.15) is 33.6 Å². The number of nitrogens with zero attached hydrogens (tertiary/aromatic N) is 4. The minimum Gasteiger partial charge on any atom is -0.444 e. The number of hydrogen-bond acceptors (Lipinski definition) is 8. The highest BCUT2D eigenvalue weighted by molar-refractivity contribution is 5.68. The number of nitrogens with two attached hydrogens (primary N) is 1. The molecule has 3 N–H and O–H groups in total. The van der Waals surface area contributed by atoms with Gasteiger partial charge in [0, 0.05) is 37.2 Å². The Balaban J connectivity index is 1.47. The Bertz CT molecular complexity index is 1130. The van der Waals surface area contributed by atoms with Crippen molar-refractivity contribution < 1.29 is 14.3 Å². The van der Waals surface area contributed by atoms with E-state index in [1.807, 2.05) is 39.0 Å². The average Bonchev–Trinajstić information content (AvgIpc) is 2.80. The van der Waals surface area contributed by atoms with E-state index in [0.717, 1.165) is 18.4 Å². The van der Waals surface area contributed by atoms with E-state index in [-0.39, 0.29) is 12.1 Å². The van der Waals surface area contributed by atoms with E-state index in [0.29, 0.717) is 42.0 Å². The van der Waals surface area contributed by atoms with Crippen molar-refractivity contribution in [1.82, 2.24) is 19.9 Å². The van der Waals surface area contributed by atoms with Gasteiger partial charge >= 0.3 is 6.09 Å². The fraction of sp³-hybridized carbons (Fsp3) is 0.360. The van der Waals surface area contributed by atoms with Gasteiger partial charge in [0.15, 0.2) is 0 Å². The van der Waals surface area contributed by atoms with Crippen LogP contribution in [0.3, 0.4) is 0 Å². The lowest BCUT2D eigenvalue weighted by atomic mass is 10.1. The van der Waals surface area contributed by atoms with Crippen molar-refractivity contribution >= 4 is 17.7 Å². The second kappa shape index (κ2) is 9.94. The molecule has 1 aromatic carbocycles. The SMILES string of the molecule is CC(C)(C)OC(=O)N1CCC[C@H](Nc2nccc(-c3cccnc3Oc3ccc(N)cc3)n2)C1. The Hall–Kier alpha value is -3.88. The van der Waals surface area contributed by atoms with Crippen LogP contribution in [0.2, 0.25) is 0 Å². The standard InChI is InChI=1S/C25H30N6O3/c1-25(2,3)34-24(32)31-15-5-6-18(16-31)29-23-28-14-12-21(30-23)20-7-4-13-27-22(20)33-19-10-8-17(26)9-11-19/h4,7-14,18H,5-6,15-16,26H2,1-3H3,(H,28,29,30)/t18-/m0/s1. The number of anilines is 2. The molecule has 0 spiro atoms. The average molecular weight is 463 g/mol. The molecule has 4 rings (SSSR count). The van der Waals surface area contributed by atoms with Crippen LogP contribution in [0.4, 0.5) is 16.4 Å². The van der Waals surface area contributed by atoms with Crippen LogP contribution in [0.25, 0.3) is 11.3 Å². The number of likely N-dealkylation sites (tertiary alicyclic amines) is 1. The molecule has 0 bridgehead atoms. The number of rotatable bonds is 5. The zero-order chi connectivity index (χ0) is 24.1. The smallest absolute Gasteiger partial charge is 0.410 e. The number of nitrogen functional groups attached to an aromatic ring is 1. The van der Waals surface area contributed by atoms with Gasteiger partial charge in [0.25, 0.3) is 0 Å². The summed E-state index contributed by atoms with van der Waals surface area (Å²) in [6.45, 7) is 6.81. The molecule has 1 fully saturated rings. The molecule has 1 aliphatic heterocycles. The number of nitrogens with one attached hydrogen (secondary N) is 1. The first-order valence-electron chi connectivity index (χ1n) is 11.3. The van der Waals surface area contributed by atoms with Crippen LogP contribution in [-0.4, -0.2) is 50.7 Å². The summed E-state index contributed by atoms with van der Waals surface area (Å²) in [5.74, 6) is 1.55. The third kappa shape index (κ3) is 6.12. The first-order chi connectivity index (χ1) is 16.3. The highest BCUT2D eigenvalue weighted by Gasteiger charge is 2.28. The number of benzene rings is 1. The molecule has 1 saturated heterocycles. The van der Waals surface area contributed by atoms with Gasteiger partial charge in [-0.1, -0.05) is 0 Å². The summed E-state index contributed by atoms with van der Waals surface area (Å²) in [6, 6.07) is 12.7. The Kier molecular flexibility index (Phi) is 6.81. The second-order valence-corrected chi connectivity index (χ2v) is 9.20. The van der Waals surface area contributed by atoms with Crippen LogP contribution in [0.15, 0.2) is 54.9 Å². The van der Waals surface area contributed by atoms with E-state index in [9.17, 15) is 4.79 Å². The summed E-state index contributed by atoms with van der Waals surface area (Å²) in [5.41, 5.74) is 7.32. The number of amides is 1. The lowest BCUT2D eigenvalue weighted by Crippen LogP contribution is -2.47. The van der Waals surface area contributed by atoms with Crippen molar-refractivity contribution in [3.05, 3.63) is 54.9 Å². The van der Waals surface area contributed by atoms with Crippen molar-refractivity contribution in [2.24, 2.45) is 0 Å². The monoisotopic (exact) mass is 462 g/mol. The van der Waals surface area contributed by atoms with Crippen molar-refractivity contribution in [2.45, 2.75) is 45.3 Å². The van der Waals surface area contributed by atoms with E-state index in [4.69, 9.17) is 15.2 Å². The number of piperidine rings is 1. The molecule has 9 heteroatoms. The second-order valence-electron chi connectivity index (χ2n) is 9.20. The van der Waals surface area contributed by atoms with Crippen molar-refractivity contribution in [3.63, 3.8) is 0 Å². The number of aromatic nitrogens is 3. The molecule has 3 aromatic rings. The summed E-state index contributed by atoms with van der Waals surface area (Å²) in [5, 5.41) is 3.37. The maximum absolute atomic E-state index is 12.5. The first-order valence-corrected chi connectivity index (χ1v) is 11.3. The Morgan fingerprint density at radius 2 is 1.91 bits per heavy atom. The molecule has 0 aliphatic carbocycles. The van der Waals surface area contributed by atoms with Crippen LogP contribution in [-0.2, 0) is 4.74 Å². The Morgan fingerprint density at radius 1 is 1.12 bits per heavy atom. The predicted octanol–water partition coefficient (Wildman–Crippen LogP) is 4.72. The number of hydrogen-bond donors (Lipinski definition) is 2. The molecular weight excluding hydrogens is 432 g/mol. The van der Waals surface area contributed by atoms with Gasteiger partial charge in [-0.3, -0.25) is 0 Å². The van der Waals surface area contributed by atoms with Gasteiger partial charge in [0.05, 0.1) is 11.3 Å². The molecule has 178 valence electrons. The molecule has 1 amide bonds. The van der Waals surface area contributed by atoms with Crippen LogP contribution < -0.4 is 15.8 Å². The lowest BCUT2D eigenvalue weighted by Gasteiger charge is -2.34. The Labute approximate surface area is 199 Å². The highest BCUT2D eigenvalue weighted by atomic mass is 16.6. The normalized spacial score (nSPS) is 16.1. The third-order valence-corrected chi connectivity index (χ3v) is 5.20. The molecule has 0 radical (unpaired) electrons. The van der Waals surface area contributed by atoms with Gasteiger partial charge in [-0.2, -0.15) is 0 Å². The van der Waals surface area contributed by atoms with Gasteiger partial charge in [0.2, 0.25) is 11.8 Å². The zero-order valence-electron chi connectivity index (χ0n) is 19.7. The molecule has 3 heterocycles. The zero-order valence-corrected chi connectivity index (χ0v) is 19.7. The fourth-order valence-corrected chi connectivity index (χ4v) is 3.66. The molecule has 1 atom stereocenters. The summed E-state index contributed by atoms with van der Waals surface area (Å²) in [7, 11) is 0.